The van der Waals surface area contributed by atoms with Gasteiger partial charge in [0.05, 0.1) is 11.5 Å². The number of likely N-dealkylation sites (N-methyl/N-ethyl adjacent to an activating group) is 1. The van der Waals surface area contributed by atoms with E-state index in [0.717, 1.165) is 12.1 Å². The Labute approximate surface area is 134 Å². The van der Waals surface area contributed by atoms with E-state index in [0.29, 0.717) is 23.1 Å². The standard InChI is InChI=1S/C14H21BrN2O3S/c1-10-6-12(9-18)7-13(14(10)15)21(19,20)17-5-4-16(3)11(2)8-17/h6-7,11,18H,4-5,8-9H2,1-3H3. The number of hydrogen-bond donors (Lipinski definition) is 1. The first-order valence-corrected chi connectivity index (χ1v) is 9.11. The maximum atomic E-state index is 12.9. The van der Waals surface area contributed by atoms with Crippen LogP contribution >= 0.6 is 15.9 Å². The minimum absolute atomic E-state index is 0.171. The lowest BCUT2D eigenvalue weighted by Gasteiger charge is -2.37. The number of aryl methyl sites for hydroxylation is 1. The van der Waals surface area contributed by atoms with Crippen LogP contribution in [-0.4, -0.2) is 55.5 Å². The normalized spacial score (nSPS) is 21.7. The zero-order chi connectivity index (χ0) is 15.8. The Bertz CT molecular complexity index is 633. The maximum Gasteiger partial charge on any atom is 0.244 e. The Hall–Kier alpha value is -0.470. The average Bonchev–Trinajstić information content (AvgIpc) is 2.44. The molecule has 0 aliphatic carbocycles. The predicted molar refractivity (Wildman–Crippen MR) is 85.7 cm³/mol. The highest BCUT2D eigenvalue weighted by atomic mass is 79.9. The third-order valence-corrected chi connectivity index (χ3v) is 7.21. The SMILES string of the molecule is Cc1cc(CO)cc(S(=O)(=O)N2CCN(C)C(C)C2)c1Br. The Balaban J connectivity index is 2.42. The van der Waals surface area contributed by atoms with Crippen LogP contribution in [0.5, 0.6) is 0 Å². The molecule has 1 unspecified atom stereocenters. The van der Waals surface area contributed by atoms with Gasteiger partial charge >= 0.3 is 0 Å². The van der Waals surface area contributed by atoms with Crippen molar-refractivity contribution in [3.63, 3.8) is 0 Å². The summed E-state index contributed by atoms with van der Waals surface area (Å²) in [6.45, 7) is 5.36. The second-order valence-electron chi connectivity index (χ2n) is 5.58. The third-order valence-electron chi connectivity index (χ3n) is 4.00. The van der Waals surface area contributed by atoms with Crippen molar-refractivity contribution < 1.29 is 13.5 Å². The van der Waals surface area contributed by atoms with Crippen LogP contribution in [-0.2, 0) is 16.6 Å². The summed E-state index contributed by atoms with van der Waals surface area (Å²) in [7, 11) is -1.55. The smallest absolute Gasteiger partial charge is 0.244 e. The number of nitrogens with zero attached hydrogens (tertiary/aromatic N) is 2. The highest BCUT2D eigenvalue weighted by molar-refractivity contribution is 9.10. The summed E-state index contributed by atoms with van der Waals surface area (Å²) in [5.74, 6) is 0. The zero-order valence-corrected chi connectivity index (χ0v) is 14.9. The molecule has 0 amide bonds. The first-order valence-electron chi connectivity index (χ1n) is 6.87. The van der Waals surface area contributed by atoms with E-state index < -0.39 is 10.0 Å². The molecule has 0 saturated carbocycles. The Morgan fingerprint density at radius 1 is 1.38 bits per heavy atom. The molecule has 5 nitrogen and oxygen atoms in total. The van der Waals surface area contributed by atoms with E-state index in [9.17, 15) is 13.5 Å². The monoisotopic (exact) mass is 376 g/mol. The van der Waals surface area contributed by atoms with Crippen molar-refractivity contribution in [1.82, 2.24) is 9.21 Å². The largest absolute Gasteiger partial charge is 0.392 e. The van der Waals surface area contributed by atoms with Crippen molar-refractivity contribution >= 4 is 26.0 Å². The Morgan fingerprint density at radius 2 is 2.05 bits per heavy atom. The molecule has 1 atom stereocenters. The molecule has 1 N–H and O–H groups in total. The second-order valence-corrected chi connectivity index (χ2v) is 8.27. The van der Waals surface area contributed by atoms with Gasteiger partial charge in [0, 0.05) is 30.1 Å². The van der Waals surface area contributed by atoms with Gasteiger partial charge in [-0.15, -0.1) is 0 Å². The van der Waals surface area contributed by atoms with Gasteiger partial charge in [-0.3, -0.25) is 0 Å². The van der Waals surface area contributed by atoms with Crippen LogP contribution < -0.4 is 0 Å². The number of rotatable bonds is 3. The molecule has 0 bridgehead atoms. The lowest BCUT2D eigenvalue weighted by Crippen LogP contribution is -2.51. The van der Waals surface area contributed by atoms with Crippen molar-refractivity contribution in [2.45, 2.75) is 31.4 Å². The summed E-state index contributed by atoms with van der Waals surface area (Å²) in [5, 5.41) is 9.30. The summed E-state index contributed by atoms with van der Waals surface area (Å²) >= 11 is 3.38. The highest BCUT2D eigenvalue weighted by Gasteiger charge is 2.32. The van der Waals surface area contributed by atoms with Crippen molar-refractivity contribution in [2.75, 3.05) is 26.7 Å². The Morgan fingerprint density at radius 3 is 2.62 bits per heavy atom. The van der Waals surface area contributed by atoms with E-state index in [-0.39, 0.29) is 17.5 Å². The van der Waals surface area contributed by atoms with Gasteiger partial charge < -0.3 is 10.0 Å². The summed E-state index contributed by atoms with van der Waals surface area (Å²) in [4.78, 5) is 2.39. The molecule has 1 heterocycles. The topological polar surface area (TPSA) is 60.9 Å². The molecule has 1 aliphatic rings. The summed E-state index contributed by atoms with van der Waals surface area (Å²) in [6, 6.07) is 3.53. The number of piperazine rings is 1. The quantitative estimate of drug-likeness (QED) is 0.869. The van der Waals surface area contributed by atoms with Crippen molar-refractivity contribution in [1.29, 1.82) is 0 Å². The molecule has 0 aromatic heterocycles. The van der Waals surface area contributed by atoms with E-state index in [2.05, 4.69) is 20.8 Å². The molecular weight excluding hydrogens is 356 g/mol. The van der Waals surface area contributed by atoms with Crippen molar-refractivity contribution in [2.24, 2.45) is 0 Å². The van der Waals surface area contributed by atoms with Crippen LogP contribution in [0.3, 0.4) is 0 Å². The van der Waals surface area contributed by atoms with E-state index in [1.54, 1.807) is 12.1 Å². The van der Waals surface area contributed by atoms with E-state index >= 15 is 0 Å². The minimum Gasteiger partial charge on any atom is -0.392 e. The molecule has 1 aromatic rings. The van der Waals surface area contributed by atoms with Gasteiger partial charge in [-0.2, -0.15) is 4.31 Å². The first-order chi connectivity index (χ1) is 9.77. The van der Waals surface area contributed by atoms with E-state index in [1.165, 1.54) is 4.31 Å². The zero-order valence-electron chi connectivity index (χ0n) is 12.5. The molecule has 0 radical (unpaired) electrons. The molecule has 118 valence electrons. The fourth-order valence-corrected chi connectivity index (χ4v) is 5.00. The number of hydrogen-bond acceptors (Lipinski definition) is 4. The number of aliphatic hydroxyl groups is 1. The molecular formula is C14H21BrN2O3S. The second kappa shape index (κ2) is 6.34. The van der Waals surface area contributed by atoms with Crippen LogP contribution in [0.25, 0.3) is 0 Å². The summed E-state index contributed by atoms with van der Waals surface area (Å²) in [5.41, 5.74) is 1.42. The fraction of sp³-hybridized carbons (Fsp3) is 0.571. The van der Waals surface area contributed by atoms with Crippen LogP contribution in [0.4, 0.5) is 0 Å². The molecule has 2 rings (SSSR count). The van der Waals surface area contributed by atoms with Gasteiger partial charge in [0.25, 0.3) is 0 Å². The van der Waals surface area contributed by atoms with Crippen LogP contribution in [0.15, 0.2) is 21.5 Å². The molecule has 1 aromatic carbocycles. The predicted octanol–water partition coefficient (Wildman–Crippen LogP) is 1.57. The van der Waals surface area contributed by atoms with Gasteiger partial charge in [0.1, 0.15) is 0 Å². The number of benzene rings is 1. The van der Waals surface area contributed by atoms with Crippen molar-refractivity contribution in [3.05, 3.63) is 27.7 Å². The lowest BCUT2D eigenvalue weighted by atomic mass is 10.1. The summed E-state index contributed by atoms with van der Waals surface area (Å²) in [6.07, 6.45) is 0. The molecule has 21 heavy (non-hydrogen) atoms. The van der Waals surface area contributed by atoms with E-state index in [4.69, 9.17) is 0 Å². The molecule has 1 aliphatic heterocycles. The molecule has 1 saturated heterocycles. The first kappa shape index (κ1) is 16.9. The van der Waals surface area contributed by atoms with E-state index in [1.807, 2.05) is 20.9 Å². The Kier molecular flexibility index (Phi) is 5.10. The molecule has 0 spiro atoms. The maximum absolute atomic E-state index is 12.9. The van der Waals surface area contributed by atoms with Crippen LogP contribution in [0.1, 0.15) is 18.1 Å². The van der Waals surface area contributed by atoms with Crippen LogP contribution in [0.2, 0.25) is 0 Å². The fourth-order valence-electron chi connectivity index (χ4n) is 2.46. The highest BCUT2D eigenvalue weighted by Crippen LogP contribution is 2.30. The third kappa shape index (κ3) is 3.32. The number of sulfonamides is 1. The van der Waals surface area contributed by atoms with Gasteiger partial charge in [-0.1, -0.05) is 6.07 Å². The van der Waals surface area contributed by atoms with Gasteiger partial charge in [-0.25, -0.2) is 8.42 Å². The minimum atomic E-state index is -3.56. The lowest BCUT2D eigenvalue weighted by molar-refractivity contribution is 0.159. The van der Waals surface area contributed by atoms with Gasteiger partial charge in [0.2, 0.25) is 10.0 Å². The van der Waals surface area contributed by atoms with Crippen molar-refractivity contribution in [3.8, 4) is 0 Å². The van der Waals surface area contributed by atoms with Gasteiger partial charge in [-0.05, 0) is 54.0 Å². The number of aliphatic hydroxyl groups excluding tert-OH is 1. The van der Waals surface area contributed by atoms with Gasteiger partial charge in [0.15, 0.2) is 0 Å². The number of halogens is 1. The molecule has 7 heteroatoms. The van der Waals surface area contributed by atoms with Crippen LogP contribution in [0, 0.1) is 6.92 Å². The summed E-state index contributed by atoms with van der Waals surface area (Å²) < 4.78 is 27.9. The molecule has 1 fully saturated rings. The average molecular weight is 377 g/mol.